The summed E-state index contributed by atoms with van der Waals surface area (Å²) in [6, 6.07) is 17.0. The molecule has 164 valence electrons. The van der Waals surface area contributed by atoms with Crippen LogP contribution in [0.4, 0.5) is 4.39 Å². The van der Waals surface area contributed by atoms with Crippen LogP contribution in [0.15, 0.2) is 71.6 Å². The van der Waals surface area contributed by atoms with Gasteiger partial charge in [0.15, 0.2) is 0 Å². The SMILES string of the molecule is Cc1ccc(Oc2ccc(S(=O)(=O)n3c(C)c(CC(=O)O)c4cc(F)ccc43)cc2)cc1. The maximum absolute atomic E-state index is 13.8. The first-order chi connectivity index (χ1) is 15.2. The van der Waals surface area contributed by atoms with Gasteiger partial charge in [0, 0.05) is 11.1 Å². The summed E-state index contributed by atoms with van der Waals surface area (Å²) in [7, 11) is -4.07. The number of benzene rings is 3. The molecule has 0 aliphatic heterocycles. The van der Waals surface area contributed by atoms with Gasteiger partial charge in [-0.3, -0.25) is 4.79 Å². The summed E-state index contributed by atoms with van der Waals surface area (Å²) in [5.41, 5.74) is 1.80. The maximum atomic E-state index is 13.8. The first-order valence-electron chi connectivity index (χ1n) is 9.78. The highest BCUT2D eigenvalue weighted by Crippen LogP contribution is 2.32. The van der Waals surface area contributed by atoms with Crippen molar-refractivity contribution in [3.05, 3.63) is 89.4 Å². The maximum Gasteiger partial charge on any atom is 0.307 e. The lowest BCUT2D eigenvalue weighted by Crippen LogP contribution is -2.15. The molecule has 0 amide bonds. The molecule has 0 saturated carbocycles. The van der Waals surface area contributed by atoms with Gasteiger partial charge >= 0.3 is 5.97 Å². The van der Waals surface area contributed by atoms with E-state index in [0.717, 1.165) is 21.7 Å². The number of nitrogens with zero attached hydrogens (tertiary/aromatic N) is 1. The van der Waals surface area contributed by atoms with Crippen molar-refractivity contribution in [2.24, 2.45) is 0 Å². The van der Waals surface area contributed by atoms with Crippen LogP contribution in [0.5, 0.6) is 11.5 Å². The second-order valence-electron chi connectivity index (χ2n) is 7.45. The average molecular weight is 453 g/mol. The molecule has 1 aromatic heterocycles. The predicted octanol–water partition coefficient (Wildman–Crippen LogP) is 5.05. The van der Waals surface area contributed by atoms with Crippen molar-refractivity contribution < 1.29 is 27.4 Å². The predicted molar refractivity (Wildman–Crippen MR) is 118 cm³/mol. The minimum atomic E-state index is -4.07. The molecule has 0 bridgehead atoms. The number of hydrogen-bond acceptors (Lipinski definition) is 4. The van der Waals surface area contributed by atoms with Gasteiger partial charge in [-0.1, -0.05) is 17.7 Å². The summed E-state index contributed by atoms with van der Waals surface area (Å²) in [6.07, 6.45) is -0.419. The Labute approximate surface area is 184 Å². The lowest BCUT2D eigenvalue weighted by Gasteiger charge is -2.11. The van der Waals surface area contributed by atoms with Gasteiger partial charge in [0.1, 0.15) is 17.3 Å². The van der Waals surface area contributed by atoms with Crippen molar-refractivity contribution in [2.45, 2.75) is 25.2 Å². The number of carboxylic acid groups (broad SMARTS) is 1. The zero-order valence-corrected chi connectivity index (χ0v) is 18.2. The zero-order valence-electron chi connectivity index (χ0n) is 17.4. The van der Waals surface area contributed by atoms with E-state index in [-0.39, 0.29) is 27.1 Å². The number of rotatable bonds is 6. The Balaban J connectivity index is 1.75. The van der Waals surface area contributed by atoms with Crippen LogP contribution in [0.2, 0.25) is 0 Å². The minimum absolute atomic E-state index is 0.0000406. The van der Waals surface area contributed by atoms with Crippen LogP contribution in [0, 0.1) is 19.7 Å². The second kappa shape index (κ2) is 8.12. The number of carboxylic acids is 1. The summed E-state index contributed by atoms with van der Waals surface area (Å²) in [5, 5.41) is 9.51. The van der Waals surface area contributed by atoms with E-state index in [0.29, 0.717) is 11.5 Å². The number of fused-ring (bicyclic) bond motifs is 1. The molecule has 0 unspecified atom stereocenters. The Morgan fingerprint density at radius 1 is 0.969 bits per heavy atom. The van der Waals surface area contributed by atoms with Gasteiger partial charge in [-0.15, -0.1) is 0 Å². The fourth-order valence-corrected chi connectivity index (χ4v) is 5.22. The number of halogens is 1. The lowest BCUT2D eigenvalue weighted by atomic mass is 10.1. The molecule has 3 aromatic carbocycles. The monoisotopic (exact) mass is 453 g/mol. The summed E-state index contributed by atoms with van der Waals surface area (Å²) >= 11 is 0. The molecular formula is C24H20FNO5S. The van der Waals surface area contributed by atoms with Crippen LogP contribution in [0.25, 0.3) is 10.9 Å². The fraction of sp³-hybridized carbons (Fsp3) is 0.125. The molecule has 6 nitrogen and oxygen atoms in total. The molecule has 0 aliphatic carbocycles. The van der Waals surface area contributed by atoms with Crippen molar-refractivity contribution in [3.8, 4) is 11.5 Å². The molecular weight excluding hydrogens is 433 g/mol. The third-order valence-corrected chi connectivity index (χ3v) is 7.01. The van der Waals surface area contributed by atoms with Crippen molar-refractivity contribution in [1.29, 1.82) is 0 Å². The molecule has 0 aliphatic rings. The smallest absolute Gasteiger partial charge is 0.307 e. The molecule has 32 heavy (non-hydrogen) atoms. The first-order valence-corrected chi connectivity index (χ1v) is 11.2. The third kappa shape index (κ3) is 3.97. The topological polar surface area (TPSA) is 85.6 Å². The summed E-state index contributed by atoms with van der Waals surface area (Å²) in [5.74, 6) is -0.614. The normalized spacial score (nSPS) is 11.6. The van der Waals surface area contributed by atoms with Gasteiger partial charge in [-0.05, 0) is 74.0 Å². The van der Waals surface area contributed by atoms with E-state index in [9.17, 15) is 22.7 Å². The van der Waals surface area contributed by atoms with E-state index in [1.54, 1.807) is 12.1 Å². The van der Waals surface area contributed by atoms with Gasteiger partial charge in [-0.2, -0.15) is 0 Å². The Morgan fingerprint density at radius 2 is 1.56 bits per heavy atom. The van der Waals surface area contributed by atoms with Crippen LogP contribution >= 0.6 is 0 Å². The molecule has 4 aromatic rings. The van der Waals surface area contributed by atoms with Crippen LogP contribution in [-0.4, -0.2) is 23.5 Å². The number of aliphatic carboxylic acids is 1. The molecule has 1 heterocycles. The van der Waals surface area contributed by atoms with Crippen molar-refractivity contribution >= 4 is 26.9 Å². The standard InChI is InChI=1S/C24H20FNO5S/c1-15-3-6-18(7-4-15)31-19-8-10-20(11-9-19)32(29,30)26-16(2)21(14-24(27)28)22-13-17(25)5-12-23(22)26/h3-13H,14H2,1-2H3,(H,27,28). The van der Waals surface area contributed by atoms with Crippen molar-refractivity contribution in [3.63, 3.8) is 0 Å². The number of carbonyl (C=O) groups is 1. The van der Waals surface area contributed by atoms with E-state index >= 15 is 0 Å². The highest BCUT2D eigenvalue weighted by Gasteiger charge is 2.26. The summed E-state index contributed by atoms with van der Waals surface area (Å²) < 4.78 is 47.5. The highest BCUT2D eigenvalue weighted by atomic mass is 32.2. The minimum Gasteiger partial charge on any atom is -0.481 e. The Morgan fingerprint density at radius 3 is 2.16 bits per heavy atom. The van der Waals surface area contributed by atoms with Crippen LogP contribution in [0.1, 0.15) is 16.8 Å². The van der Waals surface area contributed by atoms with Gasteiger partial charge in [0.05, 0.1) is 16.8 Å². The summed E-state index contributed by atoms with van der Waals surface area (Å²) in [4.78, 5) is 11.3. The lowest BCUT2D eigenvalue weighted by molar-refractivity contribution is -0.136. The molecule has 0 spiro atoms. The zero-order chi connectivity index (χ0) is 23.0. The number of ether oxygens (including phenoxy) is 1. The Hall–Kier alpha value is -3.65. The van der Waals surface area contributed by atoms with E-state index in [4.69, 9.17) is 4.74 Å². The third-order valence-electron chi connectivity index (χ3n) is 5.19. The quantitative estimate of drug-likeness (QED) is 0.441. The molecule has 0 atom stereocenters. The van der Waals surface area contributed by atoms with E-state index in [2.05, 4.69) is 0 Å². The van der Waals surface area contributed by atoms with Crippen LogP contribution in [0.3, 0.4) is 0 Å². The Bertz CT molecular complexity index is 1420. The molecule has 4 rings (SSSR count). The van der Waals surface area contributed by atoms with E-state index < -0.39 is 28.2 Å². The number of aromatic nitrogens is 1. The fourth-order valence-electron chi connectivity index (χ4n) is 3.64. The van der Waals surface area contributed by atoms with E-state index in [1.165, 1.54) is 25.1 Å². The van der Waals surface area contributed by atoms with Gasteiger partial charge in [0.2, 0.25) is 0 Å². The van der Waals surface area contributed by atoms with Crippen LogP contribution in [-0.2, 0) is 21.2 Å². The van der Waals surface area contributed by atoms with Gasteiger partial charge in [0.25, 0.3) is 10.0 Å². The largest absolute Gasteiger partial charge is 0.481 e. The van der Waals surface area contributed by atoms with Crippen molar-refractivity contribution in [2.75, 3.05) is 0 Å². The van der Waals surface area contributed by atoms with Crippen LogP contribution < -0.4 is 4.74 Å². The molecule has 0 fully saturated rings. The van der Waals surface area contributed by atoms with Crippen molar-refractivity contribution in [1.82, 2.24) is 3.97 Å². The molecule has 0 radical (unpaired) electrons. The Kier molecular flexibility index (Phi) is 5.48. The summed E-state index contributed by atoms with van der Waals surface area (Å²) in [6.45, 7) is 3.48. The molecule has 1 N–H and O–H groups in total. The molecule has 0 saturated heterocycles. The average Bonchev–Trinajstić information content (AvgIpc) is 3.01. The number of aryl methyl sites for hydroxylation is 1. The van der Waals surface area contributed by atoms with E-state index in [1.807, 2.05) is 31.2 Å². The second-order valence-corrected chi connectivity index (χ2v) is 9.24. The number of hydrogen-bond donors (Lipinski definition) is 1. The first kappa shape index (κ1) is 21.6. The van der Waals surface area contributed by atoms with Gasteiger partial charge in [-0.25, -0.2) is 16.8 Å². The highest BCUT2D eigenvalue weighted by molar-refractivity contribution is 7.90. The molecule has 8 heteroatoms. The van der Waals surface area contributed by atoms with Gasteiger partial charge < -0.3 is 9.84 Å².